The number of aliphatic carboxylic acids is 1. The largest absolute Gasteiger partial charge is 0.481 e. The number of imidazole rings is 1. The van der Waals surface area contributed by atoms with Gasteiger partial charge in [-0.25, -0.2) is 4.98 Å². The second-order valence-electron chi connectivity index (χ2n) is 3.77. The molecule has 2 aromatic heterocycles. The molecule has 5 heteroatoms. The van der Waals surface area contributed by atoms with Gasteiger partial charge in [0.15, 0.2) is 5.69 Å². The third kappa shape index (κ3) is 1.97. The number of carboxylic acid groups (broad SMARTS) is 1. The lowest BCUT2D eigenvalue weighted by atomic mass is 10.3. The number of pyridine rings is 1. The first kappa shape index (κ1) is 11.1. The van der Waals surface area contributed by atoms with E-state index in [9.17, 15) is 4.79 Å². The highest BCUT2D eigenvalue weighted by molar-refractivity contribution is 5.67. The molecule has 5 nitrogen and oxygen atoms in total. The van der Waals surface area contributed by atoms with Crippen molar-refractivity contribution in [2.24, 2.45) is 0 Å². The summed E-state index contributed by atoms with van der Waals surface area (Å²) >= 11 is 0. The summed E-state index contributed by atoms with van der Waals surface area (Å²) in [6.45, 7) is 1.90. The fourth-order valence-electron chi connectivity index (χ4n) is 1.85. The topological polar surface area (TPSA) is 78.4 Å². The van der Waals surface area contributed by atoms with Gasteiger partial charge in [-0.1, -0.05) is 6.07 Å². The van der Waals surface area contributed by atoms with Gasteiger partial charge in [0.2, 0.25) is 0 Å². The van der Waals surface area contributed by atoms with Crippen LogP contribution in [0.15, 0.2) is 18.2 Å². The van der Waals surface area contributed by atoms with E-state index in [1.807, 2.05) is 35.6 Å². The predicted molar refractivity (Wildman–Crippen MR) is 60.6 cm³/mol. The minimum Gasteiger partial charge on any atom is -0.481 e. The van der Waals surface area contributed by atoms with Crippen molar-refractivity contribution in [1.82, 2.24) is 9.38 Å². The van der Waals surface area contributed by atoms with Crippen LogP contribution >= 0.6 is 0 Å². The number of carbonyl (C=O) groups is 1. The minimum absolute atomic E-state index is 0.0122. The Hall–Kier alpha value is -2.35. The Morgan fingerprint density at radius 3 is 3.00 bits per heavy atom. The van der Waals surface area contributed by atoms with E-state index in [0.717, 1.165) is 11.2 Å². The predicted octanol–water partition coefficient (Wildman–Crippen LogP) is 1.53. The maximum Gasteiger partial charge on any atom is 0.303 e. The summed E-state index contributed by atoms with van der Waals surface area (Å²) in [6, 6.07) is 7.59. The summed E-state index contributed by atoms with van der Waals surface area (Å²) in [5, 5.41) is 17.7. The normalized spacial score (nSPS) is 10.4. The number of carboxylic acids is 1. The van der Waals surface area contributed by atoms with Gasteiger partial charge in [-0.2, -0.15) is 5.26 Å². The number of rotatable bonds is 3. The van der Waals surface area contributed by atoms with Crippen molar-refractivity contribution in [2.75, 3.05) is 0 Å². The van der Waals surface area contributed by atoms with Gasteiger partial charge in [0.1, 0.15) is 11.9 Å². The Morgan fingerprint density at radius 2 is 2.35 bits per heavy atom. The number of fused-ring (bicyclic) bond motifs is 1. The van der Waals surface area contributed by atoms with Gasteiger partial charge in [0.05, 0.1) is 11.9 Å². The maximum atomic E-state index is 10.6. The van der Waals surface area contributed by atoms with Gasteiger partial charge in [0, 0.05) is 12.1 Å². The lowest BCUT2D eigenvalue weighted by Crippen LogP contribution is -2.03. The molecule has 0 aliphatic rings. The Morgan fingerprint density at radius 1 is 1.59 bits per heavy atom. The van der Waals surface area contributed by atoms with E-state index >= 15 is 0 Å². The third-order valence-electron chi connectivity index (χ3n) is 2.60. The van der Waals surface area contributed by atoms with Crippen LogP contribution in [0.3, 0.4) is 0 Å². The summed E-state index contributed by atoms with van der Waals surface area (Å²) in [5.41, 5.74) is 2.01. The molecule has 0 unspecified atom stereocenters. The average Bonchev–Trinajstić information content (AvgIpc) is 2.66. The average molecular weight is 229 g/mol. The molecule has 2 rings (SSSR count). The van der Waals surface area contributed by atoms with Crippen molar-refractivity contribution in [3.8, 4) is 6.07 Å². The smallest absolute Gasteiger partial charge is 0.303 e. The lowest BCUT2D eigenvalue weighted by molar-refractivity contribution is -0.137. The quantitative estimate of drug-likeness (QED) is 0.865. The van der Waals surface area contributed by atoms with Crippen LogP contribution in [0.4, 0.5) is 0 Å². The standard InChI is InChI=1S/C12H11N3O2/c1-8-3-2-4-10-9(7-13)14-11(15(8)10)5-6-12(16)17/h2-4H,5-6H2,1H3,(H,16,17). The molecule has 0 aliphatic carbocycles. The number of nitrogens with zero attached hydrogens (tertiary/aromatic N) is 3. The Bertz CT molecular complexity index is 622. The highest BCUT2D eigenvalue weighted by Gasteiger charge is 2.12. The Kier molecular flexibility index (Phi) is 2.79. The van der Waals surface area contributed by atoms with Crippen molar-refractivity contribution in [3.63, 3.8) is 0 Å². The van der Waals surface area contributed by atoms with Gasteiger partial charge in [-0.05, 0) is 19.1 Å². The number of aryl methyl sites for hydroxylation is 2. The molecule has 2 aromatic rings. The molecule has 0 saturated carbocycles. The molecule has 86 valence electrons. The summed E-state index contributed by atoms with van der Waals surface area (Å²) in [5.74, 6) is -0.245. The van der Waals surface area contributed by atoms with Crippen molar-refractivity contribution in [1.29, 1.82) is 5.26 Å². The van der Waals surface area contributed by atoms with Crippen LogP contribution < -0.4 is 0 Å². The van der Waals surface area contributed by atoms with Crippen LogP contribution in [0, 0.1) is 18.3 Å². The minimum atomic E-state index is -0.867. The van der Waals surface area contributed by atoms with Crippen LogP contribution in [0.5, 0.6) is 0 Å². The first-order valence-corrected chi connectivity index (χ1v) is 5.22. The van der Waals surface area contributed by atoms with Gasteiger partial charge >= 0.3 is 5.97 Å². The molecule has 17 heavy (non-hydrogen) atoms. The van der Waals surface area contributed by atoms with E-state index in [1.165, 1.54) is 0 Å². The molecule has 0 amide bonds. The summed E-state index contributed by atoms with van der Waals surface area (Å²) in [4.78, 5) is 14.7. The second-order valence-corrected chi connectivity index (χ2v) is 3.77. The second kappa shape index (κ2) is 4.26. The summed E-state index contributed by atoms with van der Waals surface area (Å²) in [6.07, 6.45) is 0.335. The van der Waals surface area contributed by atoms with Gasteiger partial charge in [-0.15, -0.1) is 0 Å². The van der Waals surface area contributed by atoms with Crippen molar-refractivity contribution in [2.45, 2.75) is 19.8 Å². The molecule has 1 N–H and O–H groups in total. The zero-order chi connectivity index (χ0) is 12.4. The number of aromatic nitrogens is 2. The van der Waals surface area contributed by atoms with Gasteiger partial charge in [0.25, 0.3) is 0 Å². The lowest BCUT2D eigenvalue weighted by Gasteiger charge is -2.03. The molecule has 0 fully saturated rings. The summed E-state index contributed by atoms with van der Waals surface area (Å²) < 4.78 is 1.83. The molecule has 0 aliphatic heterocycles. The molecule has 0 atom stereocenters. The monoisotopic (exact) mass is 229 g/mol. The van der Waals surface area contributed by atoms with E-state index < -0.39 is 5.97 Å². The van der Waals surface area contributed by atoms with E-state index in [1.54, 1.807) is 0 Å². The van der Waals surface area contributed by atoms with Crippen LogP contribution in [-0.4, -0.2) is 20.5 Å². The molecule has 0 aromatic carbocycles. The van der Waals surface area contributed by atoms with Gasteiger partial charge < -0.3 is 5.11 Å². The van der Waals surface area contributed by atoms with E-state index in [-0.39, 0.29) is 6.42 Å². The maximum absolute atomic E-state index is 10.6. The molecule has 2 heterocycles. The fourth-order valence-corrected chi connectivity index (χ4v) is 1.85. The van der Waals surface area contributed by atoms with Crippen LogP contribution in [0.25, 0.3) is 5.52 Å². The SMILES string of the molecule is Cc1cccc2c(C#N)nc(CCC(=O)O)n12. The number of hydrogen-bond donors (Lipinski definition) is 1. The van der Waals surface area contributed by atoms with Crippen molar-refractivity contribution in [3.05, 3.63) is 35.4 Å². The van der Waals surface area contributed by atoms with Crippen LogP contribution in [0.2, 0.25) is 0 Å². The first-order chi connectivity index (χ1) is 8.13. The van der Waals surface area contributed by atoms with E-state index in [0.29, 0.717) is 17.9 Å². The first-order valence-electron chi connectivity index (χ1n) is 5.22. The Labute approximate surface area is 97.9 Å². The van der Waals surface area contributed by atoms with E-state index in [4.69, 9.17) is 10.4 Å². The van der Waals surface area contributed by atoms with Crippen molar-refractivity contribution >= 4 is 11.5 Å². The summed E-state index contributed by atoms with van der Waals surface area (Å²) in [7, 11) is 0. The van der Waals surface area contributed by atoms with Crippen LogP contribution in [0.1, 0.15) is 23.6 Å². The highest BCUT2D eigenvalue weighted by Crippen LogP contribution is 2.16. The third-order valence-corrected chi connectivity index (χ3v) is 2.60. The number of nitriles is 1. The van der Waals surface area contributed by atoms with E-state index in [2.05, 4.69) is 4.98 Å². The highest BCUT2D eigenvalue weighted by atomic mass is 16.4. The molecular formula is C12H11N3O2. The fraction of sp³-hybridized carbons (Fsp3) is 0.250. The molecular weight excluding hydrogens is 218 g/mol. The Balaban J connectivity index is 2.56. The van der Waals surface area contributed by atoms with Crippen molar-refractivity contribution < 1.29 is 9.90 Å². The molecule has 0 bridgehead atoms. The zero-order valence-electron chi connectivity index (χ0n) is 9.34. The molecule has 0 saturated heterocycles. The molecule has 0 spiro atoms. The number of hydrogen-bond acceptors (Lipinski definition) is 3. The van der Waals surface area contributed by atoms with Crippen LogP contribution in [-0.2, 0) is 11.2 Å². The molecule has 0 radical (unpaired) electrons. The zero-order valence-corrected chi connectivity index (χ0v) is 9.34. The van der Waals surface area contributed by atoms with Gasteiger partial charge in [-0.3, -0.25) is 9.20 Å².